The highest BCUT2D eigenvalue weighted by atomic mass is 32.1. The second-order valence-electron chi connectivity index (χ2n) is 8.42. The van der Waals surface area contributed by atoms with Crippen LogP contribution < -0.4 is 15.4 Å². The van der Waals surface area contributed by atoms with Gasteiger partial charge in [-0.25, -0.2) is 0 Å². The molecule has 1 aliphatic heterocycles. The molecule has 0 saturated carbocycles. The minimum atomic E-state index is -0.182. The van der Waals surface area contributed by atoms with E-state index < -0.39 is 0 Å². The van der Waals surface area contributed by atoms with Crippen molar-refractivity contribution < 1.29 is 14.3 Å². The van der Waals surface area contributed by atoms with Crippen LogP contribution in [0.2, 0.25) is 0 Å². The molecule has 0 spiro atoms. The van der Waals surface area contributed by atoms with Crippen molar-refractivity contribution in [1.29, 1.82) is 0 Å². The fourth-order valence-corrected chi connectivity index (χ4v) is 5.29. The number of carbonyl (C=O) groups excluding carboxylic acids is 2. The maximum absolute atomic E-state index is 12.8. The number of amides is 2. The van der Waals surface area contributed by atoms with Gasteiger partial charge in [-0.15, -0.1) is 11.3 Å². The number of likely N-dealkylation sites (tertiary alicyclic amines) is 1. The summed E-state index contributed by atoms with van der Waals surface area (Å²) in [5, 5.41) is 5.94. The average Bonchev–Trinajstić information content (AvgIpc) is 3.62. The summed E-state index contributed by atoms with van der Waals surface area (Å²) in [7, 11) is 0. The van der Waals surface area contributed by atoms with E-state index in [9.17, 15) is 9.59 Å². The van der Waals surface area contributed by atoms with Crippen molar-refractivity contribution in [3.8, 4) is 11.5 Å². The van der Waals surface area contributed by atoms with E-state index in [2.05, 4.69) is 15.6 Å². The number of aromatic nitrogens is 1. The monoisotopic (exact) mass is 546 g/mol. The van der Waals surface area contributed by atoms with Gasteiger partial charge in [0, 0.05) is 31.0 Å². The number of pyridine rings is 1. The Hall–Kier alpha value is -3.82. The highest BCUT2D eigenvalue weighted by molar-refractivity contribution is 7.80. The van der Waals surface area contributed by atoms with Crippen LogP contribution in [0.3, 0.4) is 0 Å². The molecule has 38 heavy (non-hydrogen) atoms. The number of fused-ring (bicyclic) bond motifs is 1. The molecular weight excluding hydrogens is 516 g/mol. The molecule has 0 atom stereocenters. The van der Waals surface area contributed by atoms with Crippen LogP contribution in [0, 0.1) is 0 Å². The molecule has 0 aliphatic carbocycles. The van der Waals surface area contributed by atoms with Crippen LogP contribution in [0.1, 0.15) is 41.9 Å². The third-order valence-corrected chi connectivity index (χ3v) is 7.11. The number of hydrogen-bond acceptors (Lipinski definition) is 6. The van der Waals surface area contributed by atoms with E-state index in [1.165, 1.54) is 11.3 Å². The summed E-state index contributed by atoms with van der Waals surface area (Å²) >= 11 is 6.68. The van der Waals surface area contributed by atoms with Gasteiger partial charge in [-0.2, -0.15) is 0 Å². The van der Waals surface area contributed by atoms with Gasteiger partial charge in [0.05, 0.1) is 21.5 Å². The number of benzene rings is 2. The van der Waals surface area contributed by atoms with E-state index in [-0.39, 0.29) is 23.3 Å². The lowest BCUT2D eigenvalue weighted by Crippen LogP contribution is -2.35. The fraction of sp³-hybridized carbons (Fsp3) is 0.241. The predicted octanol–water partition coefficient (Wildman–Crippen LogP) is 6.41. The largest absolute Gasteiger partial charge is 0.456 e. The maximum Gasteiger partial charge on any atom is 0.264 e. The number of nitrogens with zero attached hydrogens (tertiary/aromatic N) is 2. The van der Waals surface area contributed by atoms with E-state index in [0.29, 0.717) is 16.4 Å². The summed E-state index contributed by atoms with van der Waals surface area (Å²) in [6, 6.07) is 20.4. The van der Waals surface area contributed by atoms with Crippen molar-refractivity contribution in [2.45, 2.75) is 33.1 Å². The quantitative estimate of drug-likeness (QED) is 0.272. The molecule has 2 N–H and O–H groups in total. The van der Waals surface area contributed by atoms with E-state index in [1.807, 2.05) is 79.4 Å². The number of thiophene rings is 1. The Bertz CT molecular complexity index is 1400. The van der Waals surface area contributed by atoms with Crippen LogP contribution in [-0.2, 0) is 11.2 Å². The molecule has 0 bridgehead atoms. The first-order valence-electron chi connectivity index (χ1n) is 12.7. The number of anilines is 1. The van der Waals surface area contributed by atoms with Gasteiger partial charge in [0.2, 0.25) is 5.91 Å². The lowest BCUT2D eigenvalue weighted by atomic mass is 10.1. The first-order chi connectivity index (χ1) is 18.5. The molecule has 196 valence electrons. The van der Waals surface area contributed by atoms with Crippen molar-refractivity contribution in [2.75, 3.05) is 18.4 Å². The Kier molecular flexibility index (Phi) is 9.40. The van der Waals surface area contributed by atoms with Gasteiger partial charge in [0.1, 0.15) is 11.5 Å². The van der Waals surface area contributed by atoms with E-state index in [1.54, 1.807) is 12.3 Å². The first-order valence-corrected chi connectivity index (χ1v) is 13.9. The Labute approximate surface area is 231 Å². The van der Waals surface area contributed by atoms with Crippen molar-refractivity contribution in [1.82, 2.24) is 15.2 Å². The Morgan fingerprint density at radius 2 is 1.74 bits per heavy atom. The molecule has 1 fully saturated rings. The highest BCUT2D eigenvalue weighted by Gasteiger charge is 2.22. The molecule has 2 amide bonds. The molecule has 1 aliphatic rings. The standard InChI is InChI=1S/C27H24N4O3S2.C2H6/c32-24(16-18-6-2-1-3-7-18)30-27(35)29-19-8-10-20(11-9-19)34-22-12-13-28-21-17-23(36-25(21)22)26(33)31-14-4-5-15-31;1-2/h1-3,6-13,17H,4-5,14-16H2,(H2,29,30,32,35);1-2H3. The second-order valence-corrected chi connectivity index (χ2v) is 9.88. The number of nitrogens with one attached hydrogen (secondary N) is 2. The Morgan fingerprint density at radius 1 is 1.03 bits per heavy atom. The van der Waals surface area contributed by atoms with Gasteiger partial charge in [-0.05, 0) is 61.0 Å². The van der Waals surface area contributed by atoms with Crippen LogP contribution in [0.4, 0.5) is 5.69 Å². The highest BCUT2D eigenvalue weighted by Crippen LogP contribution is 2.36. The van der Waals surface area contributed by atoms with Crippen molar-refractivity contribution in [2.24, 2.45) is 0 Å². The normalized spacial score (nSPS) is 12.4. The van der Waals surface area contributed by atoms with Gasteiger partial charge >= 0.3 is 0 Å². The summed E-state index contributed by atoms with van der Waals surface area (Å²) in [4.78, 5) is 32.0. The number of hydrogen-bond donors (Lipinski definition) is 2. The molecule has 4 aromatic rings. The molecule has 5 rings (SSSR count). The minimum absolute atomic E-state index is 0.0590. The van der Waals surface area contributed by atoms with E-state index in [0.717, 1.165) is 47.4 Å². The summed E-state index contributed by atoms with van der Waals surface area (Å²) in [5.41, 5.74) is 2.39. The number of rotatable bonds is 6. The van der Waals surface area contributed by atoms with E-state index in [4.69, 9.17) is 17.0 Å². The average molecular weight is 547 g/mol. The first kappa shape index (κ1) is 27.2. The lowest BCUT2D eigenvalue weighted by Gasteiger charge is -2.13. The molecule has 0 radical (unpaired) electrons. The van der Waals surface area contributed by atoms with Crippen LogP contribution in [0.5, 0.6) is 11.5 Å². The van der Waals surface area contributed by atoms with Crippen molar-refractivity contribution in [3.63, 3.8) is 0 Å². The van der Waals surface area contributed by atoms with Crippen LogP contribution >= 0.6 is 23.6 Å². The SMILES string of the molecule is CC.O=C(Cc1ccccc1)NC(=S)Nc1ccc(Oc2ccnc3cc(C(=O)N4CCCC4)sc23)cc1. The van der Waals surface area contributed by atoms with Crippen LogP contribution in [0.25, 0.3) is 10.2 Å². The second kappa shape index (κ2) is 13.1. The van der Waals surface area contributed by atoms with Crippen molar-refractivity contribution >= 4 is 56.4 Å². The summed E-state index contributed by atoms with van der Waals surface area (Å²) in [5.74, 6) is 1.16. The number of thiocarbonyl (C=S) groups is 1. The smallest absolute Gasteiger partial charge is 0.264 e. The Balaban J connectivity index is 0.00000164. The fourth-order valence-electron chi connectivity index (χ4n) is 4.02. The molecule has 0 unspecified atom stereocenters. The predicted molar refractivity (Wildman–Crippen MR) is 157 cm³/mol. The van der Waals surface area contributed by atoms with Crippen LogP contribution in [-0.4, -0.2) is 39.9 Å². The summed E-state index contributed by atoms with van der Waals surface area (Å²) in [6.07, 6.45) is 4.04. The zero-order valence-corrected chi connectivity index (χ0v) is 23.0. The Morgan fingerprint density at radius 3 is 2.45 bits per heavy atom. The zero-order chi connectivity index (χ0) is 26.9. The van der Waals surface area contributed by atoms with Crippen LogP contribution in [0.15, 0.2) is 72.9 Å². The maximum atomic E-state index is 12.8. The number of carbonyl (C=O) groups is 2. The lowest BCUT2D eigenvalue weighted by molar-refractivity contribution is -0.119. The van der Waals surface area contributed by atoms with Crippen molar-refractivity contribution in [3.05, 3.63) is 83.4 Å². The van der Waals surface area contributed by atoms with Gasteiger partial charge in [-0.1, -0.05) is 44.2 Å². The molecule has 1 saturated heterocycles. The third-order valence-electron chi connectivity index (χ3n) is 5.78. The van der Waals surface area contributed by atoms with E-state index >= 15 is 0 Å². The molecule has 2 aromatic carbocycles. The summed E-state index contributed by atoms with van der Waals surface area (Å²) < 4.78 is 6.95. The van der Waals surface area contributed by atoms with Gasteiger partial charge < -0.3 is 20.3 Å². The molecule has 3 heterocycles. The molecule has 9 heteroatoms. The topological polar surface area (TPSA) is 83.6 Å². The molecular formula is C29H30N4O3S2. The minimum Gasteiger partial charge on any atom is -0.456 e. The molecule has 7 nitrogen and oxygen atoms in total. The van der Waals surface area contributed by atoms with Gasteiger partial charge in [-0.3, -0.25) is 14.6 Å². The summed E-state index contributed by atoms with van der Waals surface area (Å²) in [6.45, 7) is 5.62. The zero-order valence-electron chi connectivity index (χ0n) is 21.4. The molecule has 2 aromatic heterocycles. The third kappa shape index (κ3) is 6.93. The number of ether oxygens (including phenoxy) is 1. The van der Waals surface area contributed by atoms with Gasteiger partial charge in [0.15, 0.2) is 5.11 Å². The van der Waals surface area contributed by atoms with Gasteiger partial charge in [0.25, 0.3) is 5.91 Å².